The molecule has 0 fully saturated rings. The van der Waals surface area contributed by atoms with Crippen molar-refractivity contribution in [3.8, 4) is 0 Å². The smallest absolute Gasteiger partial charge is 0.259 e. The van der Waals surface area contributed by atoms with Gasteiger partial charge in [0, 0.05) is 21.8 Å². The summed E-state index contributed by atoms with van der Waals surface area (Å²) in [7, 11) is 0. The SMILES string of the molecule is O=C(c1ccc(Cl)cc1)N1Cc2nc3c(cc2C1=S)CCCC3. The van der Waals surface area contributed by atoms with Gasteiger partial charge in [0.05, 0.1) is 12.2 Å². The van der Waals surface area contributed by atoms with Crippen molar-refractivity contribution in [2.24, 2.45) is 0 Å². The number of carbonyl (C=O) groups is 1. The van der Waals surface area contributed by atoms with Gasteiger partial charge in [0.25, 0.3) is 5.91 Å². The van der Waals surface area contributed by atoms with Crippen LogP contribution in [0.2, 0.25) is 5.02 Å². The molecule has 1 aliphatic carbocycles. The number of amides is 1. The van der Waals surface area contributed by atoms with Gasteiger partial charge in [0.15, 0.2) is 0 Å². The first-order valence-electron chi connectivity index (χ1n) is 7.77. The van der Waals surface area contributed by atoms with Gasteiger partial charge >= 0.3 is 0 Å². The molecule has 4 rings (SSSR count). The third-order valence-electron chi connectivity index (χ3n) is 4.50. The number of pyridine rings is 1. The second-order valence-electron chi connectivity index (χ2n) is 6.00. The van der Waals surface area contributed by atoms with Crippen molar-refractivity contribution in [3.05, 3.63) is 63.4 Å². The van der Waals surface area contributed by atoms with Gasteiger partial charge in [-0.1, -0.05) is 23.8 Å². The topological polar surface area (TPSA) is 33.2 Å². The number of benzene rings is 1. The normalized spacial score (nSPS) is 16.2. The molecule has 0 atom stereocenters. The number of hydrogen-bond acceptors (Lipinski definition) is 3. The first-order chi connectivity index (χ1) is 11.1. The number of aryl methyl sites for hydroxylation is 2. The van der Waals surface area contributed by atoms with Crippen molar-refractivity contribution in [3.63, 3.8) is 0 Å². The molecule has 2 aliphatic rings. The lowest BCUT2D eigenvalue weighted by Gasteiger charge is -2.16. The van der Waals surface area contributed by atoms with E-state index in [1.807, 2.05) is 0 Å². The Bertz CT molecular complexity index is 817. The van der Waals surface area contributed by atoms with Crippen LogP contribution in [0.15, 0.2) is 30.3 Å². The van der Waals surface area contributed by atoms with E-state index >= 15 is 0 Å². The van der Waals surface area contributed by atoms with Crippen molar-refractivity contribution in [2.75, 3.05) is 0 Å². The highest BCUT2D eigenvalue weighted by Gasteiger charge is 2.32. The summed E-state index contributed by atoms with van der Waals surface area (Å²) in [5.41, 5.74) is 4.94. The van der Waals surface area contributed by atoms with Gasteiger partial charge in [-0.25, -0.2) is 0 Å². The maximum absolute atomic E-state index is 12.7. The quantitative estimate of drug-likeness (QED) is 0.736. The van der Waals surface area contributed by atoms with Crippen LogP contribution in [0.25, 0.3) is 0 Å². The summed E-state index contributed by atoms with van der Waals surface area (Å²) < 4.78 is 0. The minimum Gasteiger partial charge on any atom is -0.292 e. The Morgan fingerprint density at radius 2 is 1.87 bits per heavy atom. The maximum atomic E-state index is 12.7. The molecule has 0 spiro atoms. The zero-order valence-corrected chi connectivity index (χ0v) is 14.1. The average Bonchev–Trinajstić information content (AvgIpc) is 2.89. The highest BCUT2D eigenvalue weighted by molar-refractivity contribution is 7.80. The highest BCUT2D eigenvalue weighted by Crippen LogP contribution is 2.29. The van der Waals surface area contributed by atoms with E-state index in [2.05, 4.69) is 6.07 Å². The minimum atomic E-state index is -0.0948. The Morgan fingerprint density at radius 3 is 2.65 bits per heavy atom. The number of thiocarbonyl (C=S) groups is 1. The van der Waals surface area contributed by atoms with Crippen LogP contribution < -0.4 is 0 Å². The molecule has 0 unspecified atom stereocenters. The van der Waals surface area contributed by atoms with E-state index in [-0.39, 0.29) is 5.91 Å². The van der Waals surface area contributed by atoms with Crippen LogP contribution in [0.1, 0.15) is 45.7 Å². The lowest BCUT2D eigenvalue weighted by Crippen LogP contribution is -2.30. The van der Waals surface area contributed by atoms with Gasteiger partial charge in [-0.3, -0.25) is 14.7 Å². The summed E-state index contributed by atoms with van der Waals surface area (Å²) >= 11 is 11.4. The number of aromatic nitrogens is 1. The van der Waals surface area contributed by atoms with E-state index in [0.29, 0.717) is 22.1 Å². The predicted molar refractivity (Wildman–Crippen MR) is 93.9 cm³/mol. The van der Waals surface area contributed by atoms with Crippen LogP contribution in [0.4, 0.5) is 0 Å². The molecule has 0 N–H and O–H groups in total. The van der Waals surface area contributed by atoms with Crippen LogP contribution >= 0.6 is 23.8 Å². The molecule has 1 amide bonds. The Labute approximate surface area is 145 Å². The highest BCUT2D eigenvalue weighted by atomic mass is 35.5. The van der Waals surface area contributed by atoms with Gasteiger partial charge in [0.1, 0.15) is 4.99 Å². The molecular weight excluding hydrogens is 328 g/mol. The van der Waals surface area contributed by atoms with E-state index in [1.54, 1.807) is 29.2 Å². The van der Waals surface area contributed by atoms with Gasteiger partial charge < -0.3 is 0 Å². The molecule has 0 radical (unpaired) electrons. The molecule has 1 aromatic carbocycles. The molecule has 23 heavy (non-hydrogen) atoms. The lowest BCUT2D eigenvalue weighted by atomic mass is 9.94. The molecule has 1 aromatic heterocycles. The van der Waals surface area contributed by atoms with Crippen LogP contribution in [0.3, 0.4) is 0 Å². The molecular formula is C18H15ClN2OS. The zero-order chi connectivity index (χ0) is 16.0. The first kappa shape index (κ1) is 14.8. The summed E-state index contributed by atoms with van der Waals surface area (Å²) in [6.07, 6.45) is 4.48. The molecule has 116 valence electrons. The average molecular weight is 343 g/mol. The third kappa shape index (κ3) is 2.56. The molecule has 1 aliphatic heterocycles. The van der Waals surface area contributed by atoms with Gasteiger partial charge in [-0.05, 0) is 61.6 Å². The van der Waals surface area contributed by atoms with E-state index < -0.39 is 0 Å². The molecule has 0 saturated heterocycles. The van der Waals surface area contributed by atoms with E-state index in [1.165, 1.54) is 24.1 Å². The second kappa shape index (κ2) is 5.69. The van der Waals surface area contributed by atoms with E-state index in [4.69, 9.17) is 28.8 Å². The number of carbonyl (C=O) groups excluding carboxylic acids is 1. The monoisotopic (exact) mass is 342 g/mol. The van der Waals surface area contributed by atoms with Crippen LogP contribution in [0, 0.1) is 0 Å². The molecule has 2 heterocycles. The lowest BCUT2D eigenvalue weighted by molar-refractivity contribution is 0.0847. The Hall–Kier alpha value is -1.78. The fraction of sp³-hybridized carbons (Fsp3) is 0.278. The van der Waals surface area contributed by atoms with Crippen molar-refractivity contribution in [2.45, 2.75) is 32.2 Å². The van der Waals surface area contributed by atoms with Gasteiger partial charge in [0.2, 0.25) is 0 Å². The van der Waals surface area contributed by atoms with Crippen molar-refractivity contribution >= 4 is 34.7 Å². The zero-order valence-electron chi connectivity index (χ0n) is 12.5. The molecule has 5 heteroatoms. The Balaban J connectivity index is 1.66. The summed E-state index contributed by atoms with van der Waals surface area (Å²) in [5, 5.41) is 0.614. The Morgan fingerprint density at radius 1 is 1.13 bits per heavy atom. The summed E-state index contributed by atoms with van der Waals surface area (Å²) in [4.78, 5) is 19.7. The first-order valence-corrected chi connectivity index (χ1v) is 8.55. The van der Waals surface area contributed by atoms with Crippen molar-refractivity contribution in [1.82, 2.24) is 9.88 Å². The van der Waals surface area contributed by atoms with Gasteiger partial charge in [-0.15, -0.1) is 0 Å². The van der Waals surface area contributed by atoms with E-state index in [9.17, 15) is 4.79 Å². The van der Waals surface area contributed by atoms with Crippen LogP contribution in [-0.2, 0) is 19.4 Å². The fourth-order valence-electron chi connectivity index (χ4n) is 3.26. The van der Waals surface area contributed by atoms with Gasteiger partial charge in [-0.2, -0.15) is 0 Å². The molecule has 2 aromatic rings. The summed E-state index contributed by atoms with van der Waals surface area (Å²) in [6, 6.07) is 9.05. The number of hydrogen-bond donors (Lipinski definition) is 0. The minimum absolute atomic E-state index is 0.0948. The molecule has 0 bridgehead atoms. The summed E-state index contributed by atoms with van der Waals surface area (Å²) in [6.45, 7) is 0.461. The predicted octanol–water partition coefficient (Wildman–Crippen LogP) is 3.95. The number of nitrogens with zero attached hydrogens (tertiary/aromatic N) is 2. The number of rotatable bonds is 1. The maximum Gasteiger partial charge on any atom is 0.259 e. The van der Waals surface area contributed by atoms with E-state index in [0.717, 1.165) is 24.1 Å². The third-order valence-corrected chi connectivity index (χ3v) is 5.19. The largest absolute Gasteiger partial charge is 0.292 e. The Kier molecular flexibility index (Phi) is 3.66. The van der Waals surface area contributed by atoms with Crippen molar-refractivity contribution in [1.29, 1.82) is 0 Å². The summed E-state index contributed by atoms with van der Waals surface area (Å²) in [5.74, 6) is -0.0948. The molecule has 3 nitrogen and oxygen atoms in total. The van der Waals surface area contributed by atoms with Crippen molar-refractivity contribution < 1.29 is 4.79 Å². The van der Waals surface area contributed by atoms with Crippen LogP contribution in [-0.4, -0.2) is 20.8 Å². The number of fused-ring (bicyclic) bond motifs is 2. The van der Waals surface area contributed by atoms with Crippen LogP contribution in [0.5, 0.6) is 0 Å². The molecule has 0 saturated carbocycles. The fourth-order valence-corrected chi connectivity index (χ4v) is 3.71. The second-order valence-corrected chi connectivity index (χ2v) is 6.82. The number of halogens is 1. The standard InChI is InChI=1S/C18H15ClN2OS/c19-13-7-5-11(6-8-13)17(22)21-10-16-14(18(21)23)9-12-3-1-2-4-15(12)20-16/h5-9H,1-4,10H2.